The summed E-state index contributed by atoms with van der Waals surface area (Å²) >= 11 is 0. The highest BCUT2D eigenvalue weighted by molar-refractivity contribution is 5.58. The zero-order chi connectivity index (χ0) is 19.2. The van der Waals surface area contributed by atoms with Gasteiger partial charge in [-0.25, -0.2) is 4.98 Å². The molecular formula is C21H30N4O2. The number of aromatic nitrogens is 2. The molecule has 27 heavy (non-hydrogen) atoms. The molecule has 2 heterocycles. The number of aryl methyl sites for hydroxylation is 1. The highest BCUT2D eigenvalue weighted by Gasteiger charge is 2.28. The second-order valence-corrected chi connectivity index (χ2v) is 7.15. The fourth-order valence-corrected chi connectivity index (χ4v) is 3.64. The van der Waals surface area contributed by atoms with Crippen molar-refractivity contribution in [3.8, 4) is 5.75 Å². The molecule has 2 aromatic rings. The van der Waals surface area contributed by atoms with Gasteiger partial charge in [0.15, 0.2) is 0 Å². The van der Waals surface area contributed by atoms with E-state index in [0.717, 1.165) is 61.6 Å². The molecule has 2 unspecified atom stereocenters. The SMILES string of the molecule is CCCc1cc(N2CCCCC2C(C)O)nc(Nc2cccc(OC)c2)n1. The van der Waals surface area contributed by atoms with Gasteiger partial charge in [0, 0.05) is 30.1 Å². The molecule has 2 atom stereocenters. The Hall–Kier alpha value is -2.34. The van der Waals surface area contributed by atoms with Crippen LogP contribution in [0, 0.1) is 0 Å². The molecule has 0 radical (unpaired) electrons. The quantitative estimate of drug-likeness (QED) is 0.770. The molecule has 1 aliphatic rings. The lowest BCUT2D eigenvalue weighted by atomic mass is 9.98. The molecule has 1 aromatic carbocycles. The number of rotatable bonds is 7. The summed E-state index contributed by atoms with van der Waals surface area (Å²) in [6.45, 7) is 4.93. The van der Waals surface area contributed by atoms with Crippen LogP contribution in [0.25, 0.3) is 0 Å². The molecule has 0 amide bonds. The summed E-state index contributed by atoms with van der Waals surface area (Å²) in [4.78, 5) is 11.7. The van der Waals surface area contributed by atoms with Gasteiger partial charge in [0.25, 0.3) is 0 Å². The number of aliphatic hydroxyl groups is 1. The van der Waals surface area contributed by atoms with Gasteiger partial charge in [-0.1, -0.05) is 19.4 Å². The molecule has 1 saturated heterocycles. The van der Waals surface area contributed by atoms with Crippen molar-refractivity contribution in [2.45, 2.75) is 58.1 Å². The number of methoxy groups -OCH3 is 1. The average molecular weight is 370 g/mol. The van der Waals surface area contributed by atoms with E-state index in [-0.39, 0.29) is 12.1 Å². The normalized spacial score (nSPS) is 18.2. The molecule has 3 rings (SSSR count). The van der Waals surface area contributed by atoms with Gasteiger partial charge in [-0.05, 0) is 44.7 Å². The monoisotopic (exact) mass is 370 g/mol. The Morgan fingerprint density at radius 3 is 2.89 bits per heavy atom. The van der Waals surface area contributed by atoms with Crippen molar-refractivity contribution in [3.63, 3.8) is 0 Å². The number of hydrogen-bond donors (Lipinski definition) is 2. The number of benzene rings is 1. The molecule has 0 bridgehead atoms. The lowest BCUT2D eigenvalue weighted by Crippen LogP contribution is -2.46. The third-order valence-corrected chi connectivity index (χ3v) is 5.00. The van der Waals surface area contributed by atoms with Crippen LogP contribution < -0.4 is 15.0 Å². The Bertz CT molecular complexity index is 751. The van der Waals surface area contributed by atoms with Crippen LogP contribution >= 0.6 is 0 Å². The van der Waals surface area contributed by atoms with Crippen molar-refractivity contribution >= 4 is 17.5 Å². The Morgan fingerprint density at radius 2 is 2.15 bits per heavy atom. The van der Waals surface area contributed by atoms with E-state index >= 15 is 0 Å². The number of anilines is 3. The maximum absolute atomic E-state index is 10.2. The van der Waals surface area contributed by atoms with Crippen molar-refractivity contribution in [2.24, 2.45) is 0 Å². The summed E-state index contributed by atoms with van der Waals surface area (Å²) in [5.41, 5.74) is 1.91. The van der Waals surface area contributed by atoms with Crippen molar-refractivity contribution in [1.82, 2.24) is 9.97 Å². The van der Waals surface area contributed by atoms with E-state index in [1.165, 1.54) is 0 Å². The number of ether oxygens (including phenoxy) is 1. The van der Waals surface area contributed by atoms with Gasteiger partial charge in [0.05, 0.1) is 19.3 Å². The zero-order valence-electron chi connectivity index (χ0n) is 16.5. The highest BCUT2D eigenvalue weighted by Crippen LogP contribution is 2.28. The predicted molar refractivity (Wildman–Crippen MR) is 109 cm³/mol. The van der Waals surface area contributed by atoms with Gasteiger partial charge >= 0.3 is 0 Å². The van der Waals surface area contributed by atoms with E-state index < -0.39 is 0 Å². The lowest BCUT2D eigenvalue weighted by Gasteiger charge is -2.38. The van der Waals surface area contributed by atoms with Gasteiger partial charge in [-0.3, -0.25) is 0 Å². The smallest absolute Gasteiger partial charge is 0.229 e. The predicted octanol–water partition coefficient (Wildman–Crippen LogP) is 3.92. The number of piperidine rings is 1. The Kier molecular flexibility index (Phi) is 6.50. The van der Waals surface area contributed by atoms with Crippen LogP contribution in [0.4, 0.5) is 17.5 Å². The third-order valence-electron chi connectivity index (χ3n) is 5.00. The third kappa shape index (κ3) is 4.89. The van der Waals surface area contributed by atoms with Crippen LogP contribution in [-0.2, 0) is 6.42 Å². The van der Waals surface area contributed by atoms with Crippen LogP contribution in [0.5, 0.6) is 5.75 Å². The van der Waals surface area contributed by atoms with Crippen LogP contribution in [0.1, 0.15) is 45.2 Å². The molecule has 0 aliphatic carbocycles. The summed E-state index contributed by atoms with van der Waals surface area (Å²) in [6.07, 6.45) is 4.79. The van der Waals surface area contributed by atoms with E-state index in [4.69, 9.17) is 9.72 Å². The van der Waals surface area contributed by atoms with Gasteiger partial charge in [-0.15, -0.1) is 0 Å². The van der Waals surface area contributed by atoms with Crippen molar-refractivity contribution in [1.29, 1.82) is 0 Å². The fraction of sp³-hybridized carbons (Fsp3) is 0.524. The molecule has 0 spiro atoms. The molecule has 2 N–H and O–H groups in total. The molecule has 1 aromatic heterocycles. The topological polar surface area (TPSA) is 70.5 Å². The van der Waals surface area contributed by atoms with Crippen molar-refractivity contribution in [3.05, 3.63) is 36.0 Å². The molecular weight excluding hydrogens is 340 g/mol. The van der Waals surface area contributed by atoms with E-state index in [9.17, 15) is 5.11 Å². The van der Waals surface area contributed by atoms with E-state index in [1.807, 2.05) is 31.2 Å². The van der Waals surface area contributed by atoms with Gasteiger partial charge < -0.3 is 20.1 Å². The second kappa shape index (κ2) is 9.04. The minimum Gasteiger partial charge on any atom is -0.497 e. The largest absolute Gasteiger partial charge is 0.497 e. The summed E-state index contributed by atoms with van der Waals surface area (Å²) in [6, 6.07) is 9.92. The average Bonchev–Trinajstić information content (AvgIpc) is 2.68. The van der Waals surface area contributed by atoms with Crippen molar-refractivity contribution < 1.29 is 9.84 Å². The number of hydrogen-bond acceptors (Lipinski definition) is 6. The second-order valence-electron chi connectivity index (χ2n) is 7.15. The van der Waals surface area contributed by atoms with Crippen molar-refractivity contribution in [2.75, 3.05) is 23.9 Å². The first kappa shape index (κ1) is 19.4. The highest BCUT2D eigenvalue weighted by atomic mass is 16.5. The number of nitrogens with one attached hydrogen (secondary N) is 1. The molecule has 6 nitrogen and oxygen atoms in total. The van der Waals surface area contributed by atoms with E-state index in [0.29, 0.717) is 5.95 Å². The van der Waals surface area contributed by atoms with Gasteiger partial charge in [0.1, 0.15) is 11.6 Å². The molecule has 1 fully saturated rings. The van der Waals surface area contributed by atoms with Crippen LogP contribution in [0.3, 0.4) is 0 Å². The molecule has 6 heteroatoms. The molecule has 1 aliphatic heterocycles. The maximum atomic E-state index is 10.2. The van der Waals surface area contributed by atoms with Gasteiger partial charge in [0.2, 0.25) is 5.95 Å². The molecule has 146 valence electrons. The minimum atomic E-state index is -0.385. The number of aliphatic hydroxyl groups excluding tert-OH is 1. The van der Waals surface area contributed by atoms with E-state index in [1.54, 1.807) is 7.11 Å². The first-order valence-corrected chi connectivity index (χ1v) is 9.84. The van der Waals surface area contributed by atoms with Crippen LogP contribution in [0.2, 0.25) is 0 Å². The van der Waals surface area contributed by atoms with E-state index in [2.05, 4.69) is 28.2 Å². The van der Waals surface area contributed by atoms with Gasteiger partial charge in [-0.2, -0.15) is 4.98 Å². The standard InChI is InChI=1S/C21H30N4O2/c1-4-8-16-14-20(25-12-6-5-11-19(25)15(2)26)24-21(22-16)23-17-9-7-10-18(13-17)27-3/h7,9-10,13-15,19,26H,4-6,8,11-12H2,1-3H3,(H,22,23,24). The van der Waals surface area contributed by atoms with Crippen LogP contribution in [-0.4, -0.2) is 40.9 Å². The minimum absolute atomic E-state index is 0.104. The lowest BCUT2D eigenvalue weighted by molar-refractivity contribution is 0.145. The maximum Gasteiger partial charge on any atom is 0.229 e. The number of nitrogens with zero attached hydrogens (tertiary/aromatic N) is 3. The van der Waals surface area contributed by atoms with Crippen LogP contribution in [0.15, 0.2) is 30.3 Å². The summed E-state index contributed by atoms with van der Waals surface area (Å²) in [5, 5.41) is 13.5. The zero-order valence-corrected chi connectivity index (χ0v) is 16.5. The Labute approximate surface area is 161 Å². The fourth-order valence-electron chi connectivity index (χ4n) is 3.64. The summed E-state index contributed by atoms with van der Waals surface area (Å²) < 4.78 is 5.30. The first-order chi connectivity index (χ1) is 13.1. The first-order valence-electron chi connectivity index (χ1n) is 9.84. The summed E-state index contributed by atoms with van der Waals surface area (Å²) in [7, 11) is 1.65. The Balaban J connectivity index is 1.92. The molecule has 0 saturated carbocycles. The summed E-state index contributed by atoms with van der Waals surface area (Å²) in [5.74, 6) is 2.26. The Morgan fingerprint density at radius 1 is 1.30 bits per heavy atom.